The standard InChI is InChI=1S/C16H17NO5/c18-15(17-8-2-1-3-12(17)16(19)20)7-5-11-4-6-13-14(9-11)22-10-21-13/h4-7,9,12H,1-3,8,10H2,(H,19,20)/t12-/m1/s1. The fraction of sp³-hybridized carbons (Fsp3) is 0.375. The quantitative estimate of drug-likeness (QED) is 0.863. The van der Waals surface area contributed by atoms with Gasteiger partial charge in [-0.1, -0.05) is 6.07 Å². The van der Waals surface area contributed by atoms with Crippen LogP contribution in [0.25, 0.3) is 6.08 Å². The lowest BCUT2D eigenvalue weighted by Crippen LogP contribution is -2.47. The van der Waals surface area contributed by atoms with Gasteiger partial charge in [0.25, 0.3) is 0 Å². The smallest absolute Gasteiger partial charge is 0.326 e. The fourth-order valence-corrected chi connectivity index (χ4v) is 2.73. The highest BCUT2D eigenvalue weighted by atomic mass is 16.7. The van der Waals surface area contributed by atoms with E-state index in [1.807, 2.05) is 6.07 Å². The van der Waals surface area contributed by atoms with E-state index in [-0.39, 0.29) is 12.7 Å². The van der Waals surface area contributed by atoms with Gasteiger partial charge < -0.3 is 19.5 Å². The Bertz CT molecular complexity index is 625. The minimum atomic E-state index is -0.940. The molecule has 0 aliphatic carbocycles. The van der Waals surface area contributed by atoms with E-state index in [0.29, 0.717) is 24.5 Å². The summed E-state index contributed by atoms with van der Waals surface area (Å²) in [6, 6.07) is 4.68. The van der Waals surface area contributed by atoms with Crippen molar-refractivity contribution in [1.29, 1.82) is 0 Å². The molecule has 116 valence electrons. The van der Waals surface area contributed by atoms with Gasteiger partial charge >= 0.3 is 5.97 Å². The molecule has 2 heterocycles. The minimum Gasteiger partial charge on any atom is -0.480 e. The number of ether oxygens (including phenoxy) is 2. The number of likely N-dealkylation sites (tertiary alicyclic amines) is 1. The summed E-state index contributed by atoms with van der Waals surface area (Å²) in [5, 5.41) is 9.20. The van der Waals surface area contributed by atoms with Crippen molar-refractivity contribution in [3.63, 3.8) is 0 Å². The van der Waals surface area contributed by atoms with Crippen LogP contribution in [0.3, 0.4) is 0 Å². The fourth-order valence-electron chi connectivity index (χ4n) is 2.73. The van der Waals surface area contributed by atoms with Crippen LogP contribution in [0.4, 0.5) is 0 Å². The van der Waals surface area contributed by atoms with Gasteiger partial charge in [-0.25, -0.2) is 4.79 Å². The van der Waals surface area contributed by atoms with Crippen molar-refractivity contribution in [3.05, 3.63) is 29.8 Å². The van der Waals surface area contributed by atoms with Gasteiger partial charge in [-0.2, -0.15) is 0 Å². The molecule has 1 fully saturated rings. The number of carboxylic acid groups (broad SMARTS) is 1. The van der Waals surface area contributed by atoms with Crippen LogP contribution in [0.15, 0.2) is 24.3 Å². The van der Waals surface area contributed by atoms with Crippen molar-refractivity contribution in [2.45, 2.75) is 25.3 Å². The van der Waals surface area contributed by atoms with E-state index in [0.717, 1.165) is 18.4 Å². The maximum atomic E-state index is 12.2. The normalized spacial score (nSPS) is 20.4. The van der Waals surface area contributed by atoms with Gasteiger partial charge in [0.15, 0.2) is 11.5 Å². The van der Waals surface area contributed by atoms with Gasteiger partial charge in [-0.3, -0.25) is 4.79 Å². The Kier molecular flexibility index (Phi) is 4.00. The van der Waals surface area contributed by atoms with Gasteiger partial charge in [0.2, 0.25) is 12.7 Å². The molecule has 0 bridgehead atoms. The summed E-state index contributed by atoms with van der Waals surface area (Å²) in [4.78, 5) is 24.9. The van der Waals surface area contributed by atoms with Crippen molar-refractivity contribution < 1.29 is 24.2 Å². The molecule has 0 aromatic heterocycles. The highest BCUT2D eigenvalue weighted by molar-refractivity contribution is 5.94. The van der Waals surface area contributed by atoms with Gasteiger partial charge in [0.1, 0.15) is 6.04 Å². The summed E-state index contributed by atoms with van der Waals surface area (Å²) in [5.74, 6) is 0.121. The van der Waals surface area contributed by atoms with Crippen molar-refractivity contribution in [3.8, 4) is 11.5 Å². The molecule has 1 aromatic carbocycles. The first-order valence-electron chi connectivity index (χ1n) is 7.26. The Labute approximate surface area is 127 Å². The minimum absolute atomic E-state index is 0.204. The maximum absolute atomic E-state index is 12.2. The highest BCUT2D eigenvalue weighted by Crippen LogP contribution is 2.32. The number of carbonyl (C=O) groups is 2. The first-order valence-corrected chi connectivity index (χ1v) is 7.26. The lowest BCUT2D eigenvalue weighted by Gasteiger charge is -2.32. The van der Waals surface area contributed by atoms with Crippen LogP contribution in [-0.4, -0.2) is 41.3 Å². The summed E-state index contributed by atoms with van der Waals surface area (Å²) in [6.07, 6.45) is 5.27. The van der Waals surface area contributed by atoms with E-state index in [9.17, 15) is 14.7 Å². The Morgan fingerprint density at radius 3 is 2.86 bits per heavy atom. The SMILES string of the molecule is O=C(O)[C@H]1CCCCN1C(=O)C=Cc1ccc2c(c1)OCO2. The average Bonchev–Trinajstić information content (AvgIpc) is 3.00. The molecule has 1 saturated heterocycles. The summed E-state index contributed by atoms with van der Waals surface area (Å²) < 4.78 is 10.5. The third-order valence-electron chi connectivity index (χ3n) is 3.89. The van der Waals surface area contributed by atoms with Gasteiger partial charge in [0.05, 0.1) is 0 Å². The number of piperidine rings is 1. The van der Waals surface area contributed by atoms with Gasteiger partial charge in [0, 0.05) is 12.6 Å². The summed E-state index contributed by atoms with van der Waals surface area (Å²) in [5.41, 5.74) is 0.807. The number of hydrogen-bond acceptors (Lipinski definition) is 4. The van der Waals surface area contributed by atoms with Crippen LogP contribution in [0.5, 0.6) is 11.5 Å². The first kappa shape index (κ1) is 14.4. The van der Waals surface area contributed by atoms with E-state index in [1.54, 1.807) is 18.2 Å². The lowest BCUT2D eigenvalue weighted by molar-refractivity contribution is -0.150. The number of aliphatic carboxylic acids is 1. The second-order valence-electron chi connectivity index (χ2n) is 5.33. The largest absolute Gasteiger partial charge is 0.480 e. The predicted octanol–water partition coefficient (Wildman–Crippen LogP) is 1.89. The number of fused-ring (bicyclic) bond motifs is 1. The molecule has 1 aromatic rings. The van der Waals surface area contributed by atoms with E-state index in [2.05, 4.69) is 0 Å². The molecule has 2 aliphatic heterocycles. The van der Waals surface area contributed by atoms with Gasteiger partial charge in [-0.15, -0.1) is 0 Å². The van der Waals surface area contributed by atoms with E-state index in [4.69, 9.17) is 9.47 Å². The van der Waals surface area contributed by atoms with Crippen molar-refractivity contribution in [2.75, 3.05) is 13.3 Å². The maximum Gasteiger partial charge on any atom is 0.326 e. The van der Waals surface area contributed by atoms with Crippen molar-refractivity contribution in [1.82, 2.24) is 4.90 Å². The number of rotatable bonds is 3. The van der Waals surface area contributed by atoms with Crippen LogP contribution >= 0.6 is 0 Å². The van der Waals surface area contributed by atoms with Crippen LogP contribution in [0, 0.1) is 0 Å². The third kappa shape index (κ3) is 2.90. The van der Waals surface area contributed by atoms with Crippen molar-refractivity contribution >= 4 is 18.0 Å². The molecule has 0 spiro atoms. The zero-order valence-electron chi connectivity index (χ0n) is 12.0. The van der Waals surface area contributed by atoms with Crippen LogP contribution in [-0.2, 0) is 9.59 Å². The molecule has 22 heavy (non-hydrogen) atoms. The molecule has 3 rings (SSSR count). The molecule has 1 atom stereocenters. The number of nitrogens with zero attached hydrogens (tertiary/aromatic N) is 1. The lowest BCUT2D eigenvalue weighted by atomic mass is 10.0. The predicted molar refractivity (Wildman–Crippen MR) is 78.6 cm³/mol. The molecule has 2 aliphatic rings. The zero-order chi connectivity index (χ0) is 15.5. The number of hydrogen-bond donors (Lipinski definition) is 1. The zero-order valence-corrected chi connectivity index (χ0v) is 12.0. The molecular formula is C16H17NO5. The Morgan fingerprint density at radius 2 is 2.05 bits per heavy atom. The van der Waals surface area contributed by atoms with E-state index < -0.39 is 12.0 Å². The Morgan fingerprint density at radius 1 is 1.23 bits per heavy atom. The Balaban J connectivity index is 1.71. The molecular weight excluding hydrogens is 286 g/mol. The second kappa shape index (κ2) is 6.09. The van der Waals surface area contributed by atoms with Crippen LogP contribution in [0.1, 0.15) is 24.8 Å². The molecule has 0 unspecified atom stereocenters. The topological polar surface area (TPSA) is 76.1 Å². The average molecular weight is 303 g/mol. The Hall–Kier alpha value is -2.50. The van der Waals surface area contributed by atoms with Gasteiger partial charge in [-0.05, 0) is 43.0 Å². The second-order valence-corrected chi connectivity index (χ2v) is 5.33. The van der Waals surface area contributed by atoms with E-state index in [1.165, 1.54) is 11.0 Å². The molecule has 1 N–H and O–H groups in total. The molecule has 6 nitrogen and oxygen atoms in total. The molecule has 6 heteroatoms. The third-order valence-corrected chi connectivity index (χ3v) is 3.89. The number of carboxylic acids is 1. The summed E-state index contributed by atoms with van der Waals surface area (Å²) >= 11 is 0. The molecule has 0 radical (unpaired) electrons. The molecule has 0 saturated carbocycles. The van der Waals surface area contributed by atoms with Crippen molar-refractivity contribution in [2.24, 2.45) is 0 Å². The number of amides is 1. The number of benzene rings is 1. The van der Waals surface area contributed by atoms with E-state index >= 15 is 0 Å². The number of carbonyl (C=O) groups excluding carboxylic acids is 1. The van der Waals surface area contributed by atoms with Crippen LogP contribution in [0.2, 0.25) is 0 Å². The molecule has 1 amide bonds. The summed E-state index contributed by atoms with van der Waals surface area (Å²) in [7, 11) is 0. The van der Waals surface area contributed by atoms with Crippen LogP contribution < -0.4 is 9.47 Å². The summed E-state index contributed by atoms with van der Waals surface area (Å²) in [6.45, 7) is 0.691. The first-order chi connectivity index (χ1) is 10.6. The monoisotopic (exact) mass is 303 g/mol. The highest BCUT2D eigenvalue weighted by Gasteiger charge is 2.30.